The Labute approximate surface area is 148 Å². The van der Waals surface area contributed by atoms with E-state index in [4.69, 9.17) is 4.74 Å². The second-order valence-corrected chi connectivity index (χ2v) is 6.07. The Morgan fingerprint density at radius 2 is 1.84 bits per heavy atom. The van der Waals surface area contributed by atoms with Crippen LogP contribution in [0.3, 0.4) is 0 Å². The predicted octanol–water partition coefficient (Wildman–Crippen LogP) is 2.24. The molecule has 0 spiro atoms. The van der Waals surface area contributed by atoms with Crippen LogP contribution in [0.25, 0.3) is 0 Å². The molecule has 0 aliphatic carbocycles. The molecule has 0 bridgehead atoms. The molecule has 0 unspecified atom stereocenters. The van der Waals surface area contributed by atoms with E-state index in [0.29, 0.717) is 13.1 Å². The molecular formula is C19H24N4O2. The molecule has 6 heteroatoms. The van der Waals surface area contributed by atoms with Crippen molar-refractivity contribution in [3.63, 3.8) is 0 Å². The highest BCUT2D eigenvalue weighted by atomic mass is 16.5. The van der Waals surface area contributed by atoms with Crippen LogP contribution in [0.15, 0.2) is 48.7 Å². The van der Waals surface area contributed by atoms with Crippen molar-refractivity contribution in [2.45, 2.75) is 13.0 Å². The van der Waals surface area contributed by atoms with E-state index in [0.717, 1.165) is 30.3 Å². The fourth-order valence-electron chi connectivity index (χ4n) is 3.06. The Balaban J connectivity index is 1.57. The molecule has 2 aromatic rings. The normalized spacial score (nSPS) is 15.6. The van der Waals surface area contributed by atoms with Gasteiger partial charge in [-0.05, 0) is 31.2 Å². The standard InChI is InChI=1S/C19H24N4O2/c1-15(21-18-9-5-6-10-20-18)19(24)23-13-11-22(12-14-23)16-7-3-4-8-17(16)25-2/h3-10,15H,11-14H2,1-2H3,(H,20,21)/t15-/m0/s1. The summed E-state index contributed by atoms with van der Waals surface area (Å²) in [6.07, 6.45) is 1.71. The van der Waals surface area contributed by atoms with Gasteiger partial charge in [0.1, 0.15) is 17.6 Å². The monoisotopic (exact) mass is 340 g/mol. The van der Waals surface area contributed by atoms with E-state index < -0.39 is 0 Å². The van der Waals surface area contributed by atoms with E-state index >= 15 is 0 Å². The third-order valence-corrected chi connectivity index (χ3v) is 4.42. The molecule has 1 aromatic carbocycles. The van der Waals surface area contributed by atoms with Crippen molar-refractivity contribution in [2.75, 3.05) is 43.5 Å². The van der Waals surface area contributed by atoms with Crippen LogP contribution in [-0.2, 0) is 4.79 Å². The summed E-state index contributed by atoms with van der Waals surface area (Å²) in [5, 5.41) is 3.16. The molecule has 0 radical (unpaired) electrons. The molecule has 3 rings (SSSR count). The first-order valence-corrected chi connectivity index (χ1v) is 8.53. The van der Waals surface area contributed by atoms with E-state index in [2.05, 4.69) is 21.3 Å². The van der Waals surface area contributed by atoms with Crippen molar-refractivity contribution >= 4 is 17.4 Å². The van der Waals surface area contributed by atoms with Gasteiger partial charge >= 0.3 is 0 Å². The first-order chi connectivity index (χ1) is 12.2. The predicted molar refractivity (Wildman–Crippen MR) is 99.1 cm³/mol. The third-order valence-electron chi connectivity index (χ3n) is 4.42. The van der Waals surface area contributed by atoms with Gasteiger partial charge in [0.2, 0.25) is 5.91 Å². The lowest BCUT2D eigenvalue weighted by atomic mass is 10.2. The molecule has 1 saturated heterocycles. The number of para-hydroxylation sites is 2. The molecule has 132 valence electrons. The molecule has 25 heavy (non-hydrogen) atoms. The summed E-state index contributed by atoms with van der Waals surface area (Å²) < 4.78 is 5.44. The smallest absolute Gasteiger partial charge is 0.244 e. The number of piperazine rings is 1. The van der Waals surface area contributed by atoms with Crippen molar-refractivity contribution in [1.82, 2.24) is 9.88 Å². The van der Waals surface area contributed by atoms with E-state index in [-0.39, 0.29) is 11.9 Å². The first-order valence-electron chi connectivity index (χ1n) is 8.53. The van der Waals surface area contributed by atoms with Gasteiger partial charge in [0.15, 0.2) is 0 Å². The van der Waals surface area contributed by atoms with Gasteiger partial charge in [-0.15, -0.1) is 0 Å². The zero-order valence-corrected chi connectivity index (χ0v) is 14.7. The molecule has 1 aliphatic rings. The van der Waals surface area contributed by atoms with Gasteiger partial charge < -0.3 is 19.9 Å². The van der Waals surface area contributed by atoms with Gasteiger partial charge in [0.25, 0.3) is 0 Å². The number of nitrogens with one attached hydrogen (secondary N) is 1. The Kier molecular flexibility index (Phi) is 5.38. The molecule has 2 heterocycles. The van der Waals surface area contributed by atoms with Crippen LogP contribution in [-0.4, -0.2) is 55.1 Å². The molecule has 1 N–H and O–H groups in total. The average molecular weight is 340 g/mol. The van der Waals surface area contributed by atoms with Crippen molar-refractivity contribution in [3.8, 4) is 5.75 Å². The first kappa shape index (κ1) is 17.1. The summed E-state index contributed by atoms with van der Waals surface area (Å²) in [5.41, 5.74) is 1.08. The minimum atomic E-state index is -0.298. The third kappa shape index (κ3) is 4.02. The van der Waals surface area contributed by atoms with Crippen molar-refractivity contribution in [1.29, 1.82) is 0 Å². The Bertz CT molecular complexity index is 700. The average Bonchev–Trinajstić information content (AvgIpc) is 2.68. The lowest BCUT2D eigenvalue weighted by Gasteiger charge is -2.37. The van der Waals surface area contributed by atoms with Gasteiger partial charge in [-0.2, -0.15) is 0 Å². The summed E-state index contributed by atoms with van der Waals surface area (Å²) in [6, 6.07) is 13.3. The van der Waals surface area contributed by atoms with E-state index in [9.17, 15) is 4.79 Å². The maximum Gasteiger partial charge on any atom is 0.244 e. The summed E-state index contributed by atoms with van der Waals surface area (Å²) in [5.74, 6) is 1.69. The van der Waals surface area contributed by atoms with Gasteiger partial charge in [0, 0.05) is 32.4 Å². The van der Waals surface area contributed by atoms with Gasteiger partial charge in [-0.3, -0.25) is 4.79 Å². The number of methoxy groups -OCH3 is 1. The van der Waals surface area contributed by atoms with E-state index in [1.54, 1.807) is 13.3 Å². The number of carbonyl (C=O) groups is 1. The number of benzene rings is 1. The Morgan fingerprint density at radius 3 is 2.52 bits per heavy atom. The van der Waals surface area contributed by atoms with Crippen LogP contribution in [0, 0.1) is 0 Å². The van der Waals surface area contributed by atoms with E-state index in [1.165, 1.54) is 0 Å². The number of hydrogen-bond acceptors (Lipinski definition) is 5. The van der Waals surface area contributed by atoms with Crippen LogP contribution in [0.5, 0.6) is 5.75 Å². The Morgan fingerprint density at radius 1 is 1.12 bits per heavy atom. The molecule has 1 aromatic heterocycles. The lowest BCUT2D eigenvalue weighted by molar-refractivity contribution is -0.131. The number of hydrogen-bond donors (Lipinski definition) is 1. The number of carbonyl (C=O) groups excluding carboxylic acids is 1. The zero-order chi connectivity index (χ0) is 17.6. The fourth-order valence-corrected chi connectivity index (χ4v) is 3.06. The zero-order valence-electron chi connectivity index (χ0n) is 14.7. The number of pyridine rings is 1. The van der Waals surface area contributed by atoms with Crippen LogP contribution in [0.4, 0.5) is 11.5 Å². The van der Waals surface area contributed by atoms with Crippen LogP contribution in [0.2, 0.25) is 0 Å². The number of rotatable bonds is 5. The highest BCUT2D eigenvalue weighted by molar-refractivity contribution is 5.84. The number of amides is 1. The minimum Gasteiger partial charge on any atom is -0.495 e. The van der Waals surface area contributed by atoms with Crippen LogP contribution in [0.1, 0.15) is 6.92 Å². The number of anilines is 2. The SMILES string of the molecule is COc1ccccc1N1CCN(C(=O)[C@H](C)Nc2ccccn2)CC1. The number of ether oxygens (including phenoxy) is 1. The number of aromatic nitrogens is 1. The maximum absolute atomic E-state index is 12.7. The van der Waals surface area contributed by atoms with Crippen molar-refractivity contribution in [3.05, 3.63) is 48.7 Å². The molecule has 6 nitrogen and oxygen atoms in total. The topological polar surface area (TPSA) is 57.7 Å². The summed E-state index contributed by atoms with van der Waals surface area (Å²) >= 11 is 0. The molecule has 1 aliphatic heterocycles. The van der Waals surface area contributed by atoms with Gasteiger partial charge in [0.05, 0.1) is 12.8 Å². The quantitative estimate of drug-likeness (QED) is 0.905. The summed E-state index contributed by atoms with van der Waals surface area (Å²) in [4.78, 5) is 21.0. The highest BCUT2D eigenvalue weighted by Gasteiger charge is 2.26. The summed E-state index contributed by atoms with van der Waals surface area (Å²) in [7, 11) is 1.68. The molecule has 1 atom stereocenters. The molecule has 0 saturated carbocycles. The second kappa shape index (κ2) is 7.88. The molecule has 1 amide bonds. The molecular weight excluding hydrogens is 316 g/mol. The second-order valence-electron chi connectivity index (χ2n) is 6.07. The van der Waals surface area contributed by atoms with Crippen LogP contribution >= 0.6 is 0 Å². The lowest BCUT2D eigenvalue weighted by Crippen LogP contribution is -2.52. The van der Waals surface area contributed by atoms with E-state index in [1.807, 2.05) is 48.2 Å². The Hall–Kier alpha value is -2.76. The minimum absolute atomic E-state index is 0.102. The fraction of sp³-hybridized carbons (Fsp3) is 0.368. The van der Waals surface area contributed by atoms with Crippen molar-refractivity contribution in [2.24, 2.45) is 0 Å². The maximum atomic E-state index is 12.7. The highest BCUT2D eigenvalue weighted by Crippen LogP contribution is 2.28. The largest absolute Gasteiger partial charge is 0.495 e. The number of nitrogens with zero attached hydrogens (tertiary/aromatic N) is 3. The van der Waals surface area contributed by atoms with Gasteiger partial charge in [-0.25, -0.2) is 4.98 Å². The summed E-state index contributed by atoms with van der Waals surface area (Å²) in [6.45, 7) is 4.87. The van der Waals surface area contributed by atoms with Crippen molar-refractivity contribution < 1.29 is 9.53 Å². The van der Waals surface area contributed by atoms with Gasteiger partial charge in [-0.1, -0.05) is 18.2 Å². The van der Waals surface area contributed by atoms with Crippen LogP contribution < -0.4 is 15.0 Å². The molecule has 1 fully saturated rings.